The van der Waals surface area contributed by atoms with Crippen LogP contribution in [0.2, 0.25) is 0 Å². The summed E-state index contributed by atoms with van der Waals surface area (Å²) in [5.74, 6) is 0.0408. The van der Waals surface area contributed by atoms with Gasteiger partial charge in [0.05, 0.1) is 28.6 Å². The number of nitrogens with zero attached hydrogens (tertiary/aromatic N) is 4. The van der Waals surface area contributed by atoms with Crippen LogP contribution in [0.15, 0.2) is 41.2 Å². The van der Waals surface area contributed by atoms with Crippen LogP contribution in [0.4, 0.5) is 13.2 Å². The Morgan fingerprint density at radius 2 is 1.84 bits per heavy atom. The average Bonchev–Trinajstić information content (AvgIpc) is 3.47. The van der Waals surface area contributed by atoms with Crippen LogP contribution in [-0.4, -0.2) is 25.1 Å². The minimum absolute atomic E-state index is 0.0639. The van der Waals surface area contributed by atoms with Crippen LogP contribution in [0.1, 0.15) is 36.7 Å². The molecule has 4 aromatic rings. The SMILES string of the molecule is NCc1ccc2c(c1)nc(Cn1c(=O)n(C3CC3)c3ccc(F)cc31)n2CCC(F)F. The molecule has 0 unspecified atom stereocenters. The minimum atomic E-state index is -2.46. The standard InChI is InChI=1S/C22H22F3N5O/c23-14-2-6-18-19(10-14)29(22(31)30(18)15-3-4-15)12-21-27-16-9-13(11-26)1-5-17(16)28(21)8-7-20(24)25/h1-2,5-6,9-10,15,20H,3-4,7-8,11-12,26H2. The van der Waals surface area contributed by atoms with E-state index in [4.69, 9.17) is 5.73 Å². The highest BCUT2D eigenvalue weighted by Gasteiger charge is 2.29. The van der Waals surface area contributed by atoms with E-state index in [9.17, 15) is 18.0 Å². The summed E-state index contributed by atoms with van der Waals surface area (Å²) in [7, 11) is 0. The van der Waals surface area contributed by atoms with Crippen molar-refractivity contribution in [2.45, 2.75) is 51.4 Å². The lowest BCUT2D eigenvalue weighted by atomic mass is 10.2. The van der Waals surface area contributed by atoms with Gasteiger partial charge < -0.3 is 10.3 Å². The van der Waals surface area contributed by atoms with Gasteiger partial charge in [-0.05, 0) is 48.7 Å². The van der Waals surface area contributed by atoms with E-state index in [-0.39, 0.29) is 31.2 Å². The summed E-state index contributed by atoms with van der Waals surface area (Å²) in [6.07, 6.45) is -0.969. The summed E-state index contributed by atoms with van der Waals surface area (Å²) in [4.78, 5) is 17.8. The molecule has 0 atom stereocenters. The first-order valence-electron chi connectivity index (χ1n) is 10.3. The molecule has 0 bridgehead atoms. The van der Waals surface area contributed by atoms with Gasteiger partial charge in [-0.15, -0.1) is 0 Å². The zero-order valence-electron chi connectivity index (χ0n) is 16.8. The van der Waals surface area contributed by atoms with Gasteiger partial charge >= 0.3 is 5.69 Å². The molecule has 2 aromatic heterocycles. The molecular formula is C22H22F3N5O. The topological polar surface area (TPSA) is 70.8 Å². The summed E-state index contributed by atoms with van der Waals surface area (Å²) in [6.45, 7) is 0.465. The summed E-state index contributed by atoms with van der Waals surface area (Å²) in [5, 5.41) is 0. The number of hydrogen-bond donors (Lipinski definition) is 1. The Balaban J connectivity index is 1.66. The van der Waals surface area contributed by atoms with Gasteiger partial charge in [0.2, 0.25) is 6.43 Å². The van der Waals surface area contributed by atoms with E-state index in [0.717, 1.165) is 18.4 Å². The highest BCUT2D eigenvalue weighted by Crippen LogP contribution is 2.36. The van der Waals surface area contributed by atoms with Crippen LogP contribution < -0.4 is 11.4 Å². The summed E-state index contributed by atoms with van der Waals surface area (Å²) in [5.41, 5.74) is 8.86. The Kier molecular flexibility index (Phi) is 4.85. The normalized spacial score (nSPS) is 14.4. The zero-order valence-corrected chi connectivity index (χ0v) is 16.8. The minimum Gasteiger partial charge on any atom is -0.326 e. The second kappa shape index (κ2) is 7.56. The van der Waals surface area contributed by atoms with Gasteiger partial charge in [-0.2, -0.15) is 0 Å². The van der Waals surface area contributed by atoms with Gasteiger partial charge in [0.15, 0.2) is 0 Å². The van der Waals surface area contributed by atoms with Crippen LogP contribution in [0.25, 0.3) is 22.1 Å². The van der Waals surface area contributed by atoms with Crippen molar-refractivity contribution in [2.75, 3.05) is 0 Å². The van der Waals surface area contributed by atoms with Crippen molar-refractivity contribution in [3.8, 4) is 0 Å². The van der Waals surface area contributed by atoms with Crippen LogP contribution in [0.3, 0.4) is 0 Å². The molecule has 0 amide bonds. The number of alkyl halides is 2. The maximum atomic E-state index is 14.0. The molecule has 0 radical (unpaired) electrons. The molecule has 31 heavy (non-hydrogen) atoms. The summed E-state index contributed by atoms with van der Waals surface area (Å²) in [6, 6.07) is 9.90. The quantitative estimate of drug-likeness (QED) is 0.486. The molecule has 1 aliphatic rings. The fourth-order valence-corrected chi connectivity index (χ4v) is 4.18. The maximum absolute atomic E-state index is 14.0. The van der Waals surface area contributed by atoms with Crippen molar-refractivity contribution in [3.05, 3.63) is 64.1 Å². The fourth-order valence-electron chi connectivity index (χ4n) is 4.18. The molecule has 1 saturated carbocycles. The second-order valence-corrected chi connectivity index (χ2v) is 7.99. The van der Waals surface area contributed by atoms with Gasteiger partial charge in [0.25, 0.3) is 0 Å². The lowest BCUT2D eigenvalue weighted by Crippen LogP contribution is -2.25. The lowest BCUT2D eigenvalue weighted by molar-refractivity contribution is 0.131. The molecule has 162 valence electrons. The Morgan fingerprint density at radius 3 is 2.55 bits per heavy atom. The molecule has 1 fully saturated rings. The highest BCUT2D eigenvalue weighted by atomic mass is 19.3. The van der Waals surface area contributed by atoms with Gasteiger partial charge in [-0.3, -0.25) is 9.13 Å². The summed E-state index contributed by atoms with van der Waals surface area (Å²) < 4.78 is 44.9. The van der Waals surface area contributed by atoms with E-state index in [0.29, 0.717) is 34.4 Å². The molecular weight excluding hydrogens is 407 g/mol. The van der Waals surface area contributed by atoms with E-state index in [1.165, 1.54) is 16.7 Å². The first kappa shape index (κ1) is 19.9. The van der Waals surface area contributed by atoms with E-state index in [1.54, 1.807) is 15.2 Å². The number of fused-ring (bicyclic) bond motifs is 2. The lowest BCUT2D eigenvalue weighted by Gasteiger charge is -2.10. The third-order valence-electron chi connectivity index (χ3n) is 5.83. The third-order valence-corrected chi connectivity index (χ3v) is 5.83. The van der Waals surface area contributed by atoms with Crippen LogP contribution in [-0.2, 0) is 19.6 Å². The molecule has 0 aliphatic heterocycles. The molecule has 0 saturated heterocycles. The smallest absolute Gasteiger partial charge is 0.326 e. The second-order valence-electron chi connectivity index (χ2n) is 7.99. The largest absolute Gasteiger partial charge is 0.329 e. The Labute approximate surface area is 175 Å². The van der Waals surface area contributed by atoms with Crippen molar-refractivity contribution in [1.82, 2.24) is 18.7 Å². The number of nitrogens with two attached hydrogens (primary N) is 1. The fraction of sp³-hybridized carbons (Fsp3) is 0.364. The van der Waals surface area contributed by atoms with Crippen LogP contribution in [0, 0.1) is 5.82 Å². The number of rotatable bonds is 7. The average molecular weight is 429 g/mol. The van der Waals surface area contributed by atoms with E-state index >= 15 is 0 Å². The molecule has 0 spiro atoms. The number of aromatic nitrogens is 4. The molecule has 2 aromatic carbocycles. The Bertz CT molecular complexity index is 1330. The predicted octanol–water partition coefficient (Wildman–Crippen LogP) is 3.79. The third kappa shape index (κ3) is 3.52. The number of imidazole rings is 2. The molecule has 2 N–H and O–H groups in total. The van der Waals surface area contributed by atoms with E-state index in [1.807, 2.05) is 18.2 Å². The van der Waals surface area contributed by atoms with Gasteiger partial charge in [0, 0.05) is 25.6 Å². The maximum Gasteiger partial charge on any atom is 0.329 e. The Hall–Kier alpha value is -3.07. The summed E-state index contributed by atoms with van der Waals surface area (Å²) >= 11 is 0. The van der Waals surface area contributed by atoms with Crippen molar-refractivity contribution in [1.29, 1.82) is 0 Å². The Morgan fingerprint density at radius 1 is 1.06 bits per heavy atom. The number of hydrogen-bond acceptors (Lipinski definition) is 3. The molecule has 2 heterocycles. The van der Waals surface area contributed by atoms with Gasteiger partial charge in [0.1, 0.15) is 11.6 Å². The van der Waals surface area contributed by atoms with Crippen molar-refractivity contribution in [3.63, 3.8) is 0 Å². The molecule has 9 heteroatoms. The van der Waals surface area contributed by atoms with Crippen LogP contribution >= 0.6 is 0 Å². The van der Waals surface area contributed by atoms with Crippen molar-refractivity contribution < 1.29 is 13.2 Å². The van der Waals surface area contributed by atoms with Crippen molar-refractivity contribution >= 4 is 22.1 Å². The zero-order chi connectivity index (χ0) is 21.7. The molecule has 6 nitrogen and oxygen atoms in total. The molecule has 1 aliphatic carbocycles. The van der Waals surface area contributed by atoms with Gasteiger partial charge in [-0.1, -0.05) is 6.07 Å². The molecule has 5 rings (SSSR count). The van der Waals surface area contributed by atoms with E-state index in [2.05, 4.69) is 4.98 Å². The number of halogens is 3. The first-order chi connectivity index (χ1) is 15.0. The van der Waals surface area contributed by atoms with Gasteiger partial charge in [-0.25, -0.2) is 22.9 Å². The van der Waals surface area contributed by atoms with E-state index < -0.39 is 12.2 Å². The first-order valence-corrected chi connectivity index (χ1v) is 10.3. The predicted molar refractivity (Wildman–Crippen MR) is 112 cm³/mol. The number of aryl methyl sites for hydroxylation is 1. The highest BCUT2D eigenvalue weighted by molar-refractivity contribution is 5.78. The van der Waals surface area contributed by atoms with Crippen molar-refractivity contribution in [2.24, 2.45) is 5.73 Å². The monoisotopic (exact) mass is 429 g/mol. The number of benzene rings is 2. The van der Waals surface area contributed by atoms with Crippen LogP contribution in [0.5, 0.6) is 0 Å².